The Labute approximate surface area is 155 Å². The van der Waals surface area contributed by atoms with Crippen LogP contribution in [0.1, 0.15) is 45.0 Å². The Kier molecular flexibility index (Phi) is 16.4. The number of benzene rings is 1. The van der Waals surface area contributed by atoms with Crippen LogP contribution in [0.25, 0.3) is 0 Å². The molecule has 0 amide bonds. The maximum atomic E-state index is 10.9. The molecule has 3 nitrogen and oxygen atoms in total. The molecule has 0 aliphatic rings. The van der Waals surface area contributed by atoms with Crippen LogP contribution in [-0.2, 0) is 0 Å². The van der Waals surface area contributed by atoms with Crippen molar-refractivity contribution in [3.63, 3.8) is 0 Å². The van der Waals surface area contributed by atoms with Gasteiger partial charge in [-0.05, 0) is 40.6 Å². The van der Waals surface area contributed by atoms with E-state index in [4.69, 9.17) is 9.47 Å². The van der Waals surface area contributed by atoms with E-state index in [-0.39, 0.29) is 0 Å². The van der Waals surface area contributed by atoms with Crippen molar-refractivity contribution in [3.8, 4) is 11.5 Å². The Hall–Kier alpha value is -1.81. The molecule has 0 saturated carbocycles. The lowest BCUT2D eigenvalue weighted by Crippen LogP contribution is -2.02. The van der Waals surface area contributed by atoms with E-state index in [1.165, 1.54) is 7.11 Å². The molecule has 0 N–H and O–H groups in total. The number of allylic oxidation sites excluding steroid dienone is 3. The average molecular weight is 397 g/mol. The number of hydrogen-bond acceptors (Lipinski definition) is 3. The second-order valence-corrected chi connectivity index (χ2v) is 4.76. The molecular weight excluding hydrogens is 368 g/mol. The minimum absolute atomic E-state index is 0.388. The molecule has 1 aromatic rings. The molecule has 0 heterocycles. The zero-order chi connectivity index (χ0) is 19.0. The molecular formula is C20H29BrO3. The number of methoxy groups -OCH3 is 1. The van der Waals surface area contributed by atoms with Crippen molar-refractivity contribution in [2.75, 3.05) is 13.7 Å². The van der Waals surface area contributed by atoms with Crippen LogP contribution in [0.3, 0.4) is 0 Å². The lowest BCUT2D eigenvalue weighted by molar-refractivity contribution is 0.112. The van der Waals surface area contributed by atoms with Crippen molar-refractivity contribution in [3.05, 3.63) is 58.6 Å². The summed E-state index contributed by atoms with van der Waals surface area (Å²) in [6.45, 7) is 14.0. The van der Waals surface area contributed by atoms with Gasteiger partial charge in [-0.15, -0.1) is 0 Å². The zero-order valence-corrected chi connectivity index (χ0v) is 17.1. The number of hydrogen-bond donors (Lipinski definition) is 0. The van der Waals surface area contributed by atoms with E-state index in [0.717, 1.165) is 11.9 Å². The summed E-state index contributed by atoms with van der Waals surface area (Å²) < 4.78 is 11.6. The molecule has 0 radical (unpaired) electrons. The van der Waals surface area contributed by atoms with Gasteiger partial charge in [0.25, 0.3) is 0 Å². The number of rotatable bonds is 7. The average Bonchev–Trinajstić information content (AvgIpc) is 2.63. The molecule has 0 aliphatic heterocycles. The van der Waals surface area contributed by atoms with E-state index < -0.39 is 0 Å². The van der Waals surface area contributed by atoms with Gasteiger partial charge in [0, 0.05) is 10.0 Å². The molecule has 0 aliphatic carbocycles. The van der Waals surface area contributed by atoms with Crippen LogP contribution in [0.4, 0.5) is 0 Å². The van der Waals surface area contributed by atoms with Crippen molar-refractivity contribution in [2.45, 2.75) is 34.6 Å². The highest BCUT2D eigenvalue weighted by molar-refractivity contribution is 9.10. The molecule has 4 heteroatoms. The third kappa shape index (κ3) is 8.73. The van der Waals surface area contributed by atoms with E-state index in [2.05, 4.69) is 22.5 Å². The van der Waals surface area contributed by atoms with Gasteiger partial charge in [0.2, 0.25) is 0 Å². The summed E-state index contributed by atoms with van der Waals surface area (Å²) in [5.74, 6) is 1.10. The zero-order valence-electron chi connectivity index (χ0n) is 15.6. The largest absolute Gasteiger partial charge is 0.493 e. The molecule has 0 aromatic heterocycles. The van der Waals surface area contributed by atoms with Gasteiger partial charge in [-0.1, -0.05) is 58.6 Å². The minimum Gasteiger partial charge on any atom is -0.493 e. The van der Waals surface area contributed by atoms with Crippen LogP contribution >= 0.6 is 15.9 Å². The minimum atomic E-state index is 0.388. The second-order valence-electron chi connectivity index (χ2n) is 3.91. The Bertz CT molecular complexity index is 546. The number of aldehydes is 1. The Morgan fingerprint density at radius 1 is 1.21 bits per heavy atom. The molecule has 0 atom stereocenters. The third-order valence-corrected chi connectivity index (χ3v) is 3.20. The standard InChI is InChI=1S/C16H17BrO3.2C2H6/c1-4-6-12(7-5-2)11-20-16-9-14(17)13(10-18)8-15(16)19-3;2*1-2/h4-10H,1,11H2,2-3H3;2*1-2H3/b7-5-,12-6+;;. The van der Waals surface area contributed by atoms with Crippen molar-refractivity contribution in [1.29, 1.82) is 0 Å². The van der Waals surface area contributed by atoms with Gasteiger partial charge in [-0.2, -0.15) is 0 Å². The normalized spacial score (nSPS) is 10.0. The molecule has 0 unspecified atom stereocenters. The van der Waals surface area contributed by atoms with Gasteiger partial charge < -0.3 is 9.47 Å². The summed E-state index contributed by atoms with van der Waals surface area (Å²) in [5, 5.41) is 0. The van der Waals surface area contributed by atoms with Gasteiger partial charge >= 0.3 is 0 Å². The fourth-order valence-corrected chi connectivity index (χ4v) is 2.01. The summed E-state index contributed by atoms with van der Waals surface area (Å²) in [4.78, 5) is 10.9. The molecule has 0 bridgehead atoms. The number of ether oxygens (including phenoxy) is 2. The first-order valence-electron chi connectivity index (χ1n) is 8.06. The van der Waals surface area contributed by atoms with Crippen LogP contribution in [0.2, 0.25) is 0 Å². The van der Waals surface area contributed by atoms with Crippen LogP contribution < -0.4 is 9.47 Å². The van der Waals surface area contributed by atoms with E-state index in [9.17, 15) is 4.79 Å². The van der Waals surface area contributed by atoms with Crippen LogP contribution in [-0.4, -0.2) is 20.0 Å². The van der Waals surface area contributed by atoms with Crippen molar-refractivity contribution in [1.82, 2.24) is 0 Å². The lowest BCUT2D eigenvalue weighted by Gasteiger charge is -2.12. The highest BCUT2D eigenvalue weighted by Gasteiger charge is 2.10. The molecule has 0 spiro atoms. The van der Waals surface area contributed by atoms with E-state index in [1.54, 1.807) is 18.2 Å². The fraction of sp³-hybridized carbons (Fsp3) is 0.350. The fourth-order valence-electron chi connectivity index (χ4n) is 1.59. The summed E-state index contributed by atoms with van der Waals surface area (Å²) in [6, 6.07) is 3.36. The first-order chi connectivity index (χ1) is 11.7. The third-order valence-electron chi connectivity index (χ3n) is 2.52. The van der Waals surface area contributed by atoms with Gasteiger partial charge in [-0.3, -0.25) is 4.79 Å². The molecule has 0 saturated heterocycles. The monoisotopic (exact) mass is 396 g/mol. The van der Waals surface area contributed by atoms with Crippen molar-refractivity contribution < 1.29 is 14.3 Å². The predicted octanol–water partition coefficient (Wildman–Crippen LogP) is 6.39. The predicted molar refractivity (Wildman–Crippen MR) is 107 cm³/mol. The van der Waals surface area contributed by atoms with Gasteiger partial charge in [0.05, 0.1) is 7.11 Å². The Balaban J connectivity index is 0. The highest BCUT2D eigenvalue weighted by atomic mass is 79.9. The van der Waals surface area contributed by atoms with Crippen molar-refractivity contribution in [2.24, 2.45) is 0 Å². The van der Waals surface area contributed by atoms with Gasteiger partial charge in [-0.25, -0.2) is 0 Å². The number of carbonyl (C=O) groups is 1. The summed E-state index contributed by atoms with van der Waals surface area (Å²) in [7, 11) is 1.54. The smallest absolute Gasteiger partial charge is 0.162 e. The van der Waals surface area contributed by atoms with E-state index in [1.807, 2.05) is 52.8 Å². The molecule has 24 heavy (non-hydrogen) atoms. The second kappa shape index (κ2) is 16.1. The summed E-state index contributed by atoms with van der Waals surface area (Å²) >= 11 is 3.33. The highest BCUT2D eigenvalue weighted by Crippen LogP contribution is 2.33. The molecule has 1 aromatic carbocycles. The SMILES string of the molecule is C=C/C=C(\C=C/C)COc1cc(Br)c(C=O)cc1OC.CC.CC. The van der Waals surface area contributed by atoms with Crippen LogP contribution in [0.15, 0.2) is 53.1 Å². The van der Waals surface area contributed by atoms with Crippen LogP contribution in [0, 0.1) is 0 Å². The van der Waals surface area contributed by atoms with E-state index in [0.29, 0.717) is 28.1 Å². The Morgan fingerprint density at radius 3 is 2.29 bits per heavy atom. The van der Waals surface area contributed by atoms with Gasteiger partial charge in [0.1, 0.15) is 6.61 Å². The Morgan fingerprint density at radius 2 is 1.83 bits per heavy atom. The molecule has 134 valence electrons. The van der Waals surface area contributed by atoms with E-state index >= 15 is 0 Å². The van der Waals surface area contributed by atoms with Gasteiger partial charge in [0.15, 0.2) is 17.8 Å². The first kappa shape index (κ1) is 24.4. The maximum Gasteiger partial charge on any atom is 0.162 e. The topological polar surface area (TPSA) is 35.5 Å². The molecule has 0 fully saturated rings. The number of halogens is 1. The molecule has 1 rings (SSSR count). The lowest BCUT2D eigenvalue weighted by atomic mass is 10.2. The van der Waals surface area contributed by atoms with Crippen molar-refractivity contribution >= 4 is 22.2 Å². The maximum absolute atomic E-state index is 10.9. The summed E-state index contributed by atoms with van der Waals surface area (Å²) in [6.07, 6.45) is 8.23. The first-order valence-corrected chi connectivity index (χ1v) is 8.85. The summed E-state index contributed by atoms with van der Waals surface area (Å²) in [5.41, 5.74) is 1.50. The number of carbonyl (C=O) groups excluding carboxylic acids is 1. The quantitative estimate of drug-likeness (QED) is 0.395. The van der Waals surface area contributed by atoms with Crippen LogP contribution in [0.5, 0.6) is 11.5 Å².